The van der Waals surface area contributed by atoms with Crippen LogP contribution >= 0.6 is 35.3 Å². The van der Waals surface area contributed by atoms with Crippen LogP contribution in [0.2, 0.25) is 5.02 Å². The quantitative estimate of drug-likeness (QED) is 0.171. The third kappa shape index (κ3) is 9.39. The number of methoxy groups -OCH3 is 1. The highest BCUT2D eigenvalue weighted by Crippen LogP contribution is 2.46. The van der Waals surface area contributed by atoms with Crippen molar-refractivity contribution in [2.24, 2.45) is 5.41 Å². The first kappa shape index (κ1) is 31.8. The van der Waals surface area contributed by atoms with Gasteiger partial charge in [0.25, 0.3) is 0 Å². The van der Waals surface area contributed by atoms with Gasteiger partial charge >= 0.3 is 6.09 Å². The molecule has 0 saturated carbocycles. The Morgan fingerprint density at radius 1 is 1.32 bits per heavy atom. The number of amides is 1. The number of halogens is 2. The summed E-state index contributed by atoms with van der Waals surface area (Å²) >= 11 is 9.75. The van der Waals surface area contributed by atoms with Crippen LogP contribution in [-0.2, 0) is 4.74 Å². The molecule has 0 aliphatic carbocycles. The molecule has 2 aromatic rings. The number of ether oxygens (including phenoxy) is 1. The van der Waals surface area contributed by atoms with E-state index in [1.807, 2.05) is 13.8 Å². The minimum absolute atomic E-state index is 0.186. The number of allylic oxidation sites excluding steroid dienone is 2. The van der Waals surface area contributed by atoms with E-state index in [1.54, 1.807) is 12.3 Å². The lowest BCUT2D eigenvalue weighted by molar-refractivity contribution is 0.168. The molecule has 1 aromatic heterocycles. The van der Waals surface area contributed by atoms with Crippen molar-refractivity contribution in [1.29, 1.82) is 0 Å². The summed E-state index contributed by atoms with van der Waals surface area (Å²) < 4.78 is 22.5. The number of thioether (sulfide) groups is 1. The molecule has 3 N–H and O–H groups in total. The zero-order chi connectivity index (χ0) is 28.5. The Bertz CT molecular complexity index is 1170. The molecule has 0 aliphatic heterocycles. The van der Waals surface area contributed by atoms with Crippen LogP contribution in [-0.4, -0.2) is 41.5 Å². The zero-order valence-electron chi connectivity index (χ0n) is 23.0. The third-order valence-corrected chi connectivity index (χ3v) is 8.30. The topological polar surface area (TPSA) is 88.2 Å². The number of anilines is 2. The number of benzene rings is 1. The van der Waals surface area contributed by atoms with Gasteiger partial charge in [-0.3, -0.25) is 0 Å². The summed E-state index contributed by atoms with van der Waals surface area (Å²) in [6.45, 7) is 16.7. The number of nitrogens with one attached hydrogen (secondary N) is 3. The van der Waals surface area contributed by atoms with Gasteiger partial charge in [0.15, 0.2) is 0 Å². The number of alkyl carbamates (subject to hydrolysis) is 1. The highest BCUT2D eigenvalue weighted by Gasteiger charge is 2.22. The van der Waals surface area contributed by atoms with Gasteiger partial charge in [-0.1, -0.05) is 69.6 Å². The SMILES string of the molecule is C=C(S/C(=C(\C)c1cc(F)cc(NSCCC)c1Cl)c1ccnc(NC[C@H](C)NC(=O)OC)n1)C(C)(C)C. The number of rotatable bonds is 12. The van der Waals surface area contributed by atoms with Gasteiger partial charge in [0, 0.05) is 35.0 Å². The molecule has 38 heavy (non-hydrogen) atoms. The molecule has 1 atom stereocenters. The Labute approximate surface area is 239 Å². The van der Waals surface area contributed by atoms with Crippen LogP contribution in [0.25, 0.3) is 10.5 Å². The normalized spacial score (nSPS) is 12.9. The van der Waals surface area contributed by atoms with Crippen LogP contribution in [0.4, 0.5) is 20.8 Å². The fourth-order valence-corrected chi connectivity index (χ4v) is 5.02. The van der Waals surface area contributed by atoms with Crippen LogP contribution in [0.1, 0.15) is 59.2 Å². The first-order chi connectivity index (χ1) is 17.9. The lowest BCUT2D eigenvalue weighted by atomic mass is 9.97. The second kappa shape index (κ2) is 14.6. The highest BCUT2D eigenvalue weighted by molar-refractivity contribution is 8.12. The summed E-state index contributed by atoms with van der Waals surface area (Å²) in [6, 6.07) is 4.42. The molecule has 1 aromatic carbocycles. The fraction of sp³-hybridized carbons (Fsp3) is 0.444. The summed E-state index contributed by atoms with van der Waals surface area (Å²) in [7, 11) is 1.31. The van der Waals surface area contributed by atoms with Crippen molar-refractivity contribution in [3.8, 4) is 0 Å². The first-order valence-electron chi connectivity index (χ1n) is 12.2. The van der Waals surface area contributed by atoms with E-state index < -0.39 is 6.09 Å². The van der Waals surface area contributed by atoms with E-state index in [-0.39, 0.29) is 17.3 Å². The zero-order valence-corrected chi connectivity index (χ0v) is 25.4. The van der Waals surface area contributed by atoms with Crippen LogP contribution < -0.4 is 15.4 Å². The molecule has 2 rings (SSSR count). The molecule has 0 bridgehead atoms. The molecule has 208 valence electrons. The second-order valence-corrected chi connectivity index (χ2v) is 12.1. The minimum atomic E-state index is -0.513. The van der Waals surface area contributed by atoms with Gasteiger partial charge in [-0.2, -0.15) is 0 Å². The van der Waals surface area contributed by atoms with E-state index in [4.69, 9.17) is 16.6 Å². The van der Waals surface area contributed by atoms with Gasteiger partial charge in [0.05, 0.1) is 23.5 Å². The molecule has 0 fully saturated rings. The first-order valence-corrected chi connectivity index (χ1v) is 14.4. The Balaban J connectivity index is 2.52. The van der Waals surface area contributed by atoms with Crippen molar-refractivity contribution in [2.45, 2.75) is 54.0 Å². The number of nitrogens with zero attached hydrogens (tertiary/aromatic N) is 2. The Kier molecular flexibility index (Phi) is 12.3. The maximum atomic E-state index is 14.7. The molecule has 11 heteroatoms. The Morgan fingerprint density at radius 3 is 2.66 bits per heavy atom. The van der Waals surface area contributed by atoms with Crippen LogP contribution in [0.3, 0.4) is 0 Å². The van der Waals surface area contributed by atoms with Crippen molar-refractivity contribution in [3.05, 3.63) is 58.0 Å². The molecular weight excluding hydrogens is 545 g/mol. The highest BCUT2D eigenvalue weighted by atomic mass is 35.5. The Morgan fingerprint density at radius 2 is 2.03 bits per heavy atom. The van der Waals surface area contributed by atoms with Crippen LogP contribution in [0.15, 0.2) is 35.9 Å². The second-order valence-electron chi connectivity index (χ2n) is 9.68. The predicted molar refractivity (Wildman–Crippen MR) is 162 cm³/mol. The van der Waals surface area contributed by atoms with E-state index in [0.29, 0.717) is 34.5 Å². The number of aromatic nitrogens is 2. The number of hydrogen-bond acceptors (Lipinski definition) is 8. The van der Waals surface area contributed by atoms with Gasteiger partial charge < -0.3 is 20.1 Å². The molecule has 1 amide bonds. The lowest BCUT2D eigenvalue weighted by Gasteiger charge is -2.24. The maximum absolute atomic E-state index is 14.7. The Hall–Kier alpha value is -2.43. The molecule has 7 nitrogen and oxygen atoms in total. The van der Waals surface area contributed by atoms with Gasteiger partial charge in [0.2, 0.25) is 5.95 Å². The molecule has 0 unspecified atom stereocenters. The number of hydrogen-bond donors (Lipinski definition) is 3. The van der Waals surface area contributed by atoms with Crippen molar-refractivity contribution >= 4 is 63.5 Å². The summed E-state index contributed by atoms with van der Waals surface area (Å²) in [4.78, 5) is 22.2. The largest absolute Gasteiger partial charge is 0.453 e. The number of carbonyl (C=O) groups is 1. The number of carbonyl (C=O) groups excluding carboxylic acids is 1. The van der Waals surface area contributed by atoms with Crippen molar-refractivity contribution in [1.82, 2.24) is 15.3 Å². The maximum Gasteiger partial charge on any atom is 0.407 e. The van der Waals surface area contributed by atoms with E-state index >= 15 is 0 Å². The average Bonchev–Trinajstić information content (AvgIpc) is 2.86. The lowest BCUT2D eigenvalue weighted by Crippen LogP contribution is -2.37. The van der Waals surface area contributed by atoms with E-state index in [2.05, 4.69) is 59.4 Å². The minimum Gasteiger partial charge on any atom is -0.453 e. The van der Waals surface area contributed by atoms with Crippen LogP contribution in [0.5, 0.6) is 0 Å². The molecule has 1 heterocycles. The summed E-state index contributed by atoms with van der Waals surface area (Å²) in [5.74, 6) is 0.866. The van der Waals surface area contributed by atoms with Gasteiger partial charge in [0.1, 0.15) is 5.82 Å². The monoisotopic (exact) mass is 581 g/mol. The predicted octanol–water partition coefficient (Wildman–Crippen LogP) is 8.08. The summed E-state index contributed by atoms with van der Waals surface area (Å²) in [5, 5.41) is 6.27. The third-order valence-electron chi connectivity index (χ3n) is 5.34. The fourth-order valence-electron chi connectivity index (χ4n) is 3.01. The molecule has 0 spiro atoms. The van der Waals surface area contributed by atoms with E-state index in [0.717, 1.165) is 27.6 Å². The molecule has 0 saturated heterocycles. The molecular formula is C27H37ClFN5O2S2. The van der Waals surface area contributed by atoms with Gasteiger partial charge in [-0.25, -0.2) is 19.2 Å². The van der Waals surface area contributed by atoms with Gasteiger partial charge in [-0.05, 0) is 54.4 Å². The van der Waals surface area contributed by atoms with E-state index in [1.165, 1.54) is 43.0 Å². The van der Waals surface area contributed by atoms with Crippen molar-refractivity contribution in [2.75, 3.05) is 29.4 Å². The van der Waals surface area contributed by atoms with Crippen molar-refractivity contribution in [3.63, 3.8) is 0 Å². The van der Waals surface area contributed by atoms with Crippen molar-refractivity contribution < 1.29 is 13.9 Å². The smallest absolute Gasteiger partial charge is 0.407 e. The molecule has 0 radical (unpaired) electrons. The average molecular weight is 582 g/mol. The van der Waals surface area contributed by atoms with E-state index in [9.17, 15) is 9.18 Å². The standard InChI is InChI=1S/C27H37ClFN5O2S2/c1-9-12-37-34-22-14-19(29)13-20(23(22)28)17(3)24(38-18(4)27(5,6)7)21-10-11-30-25(33-21)31-15-16(2)32-26(35)36-8/h10-11,13-14,16,34H,4,9,12,15H2,1-3,5-8H3,(H,32,35)(H,30,31,33)/b24-17+/t16-/m0/s1. The van der Waals surface area contributed by atoms with Gasteiger partial charge in [-0.15, -0.1) is 0 Å². The summed E-state index contributed by atoms with van der Waals surface area (Å²) in [5.41, 5.74) is 2.31. The molecule has 0 aliphatic rings. The summed E-state index contributed by atoms with van der Waals surface area (Å²) in [6.07, 6.45) is 2.12. The van der Waals surface area contributed by atoms with Crippen LogP contribution in [0, 0.1) is 11.2 Å².